The van der Waals surface area contributed by atoms with Crippen LogP contribution in [0.5, 0.6) is 0 Å². The van der Waals surface area contributed by atoms with Crippen molar-refractivity contribution in [3.05, 3.63) is 62.8 Å². The molecule has 3 N–H and O–H groups in total. The van der Waals surface area contributed by atoms with Crippen LogP contribution in [0.15, 0.2) is 29.2 Å². The van der Waals surface area contributed by atoms with Gasteiger partial charge in [0.15, 0.2) is 5.65 Å². The number of hydrogen-bond donors (Lipinski definition) is 3. The molecule has 0 atom stereocenters. The summed E-state index contributed by atoms with van der Waals surface area (Å²) in [6.07, 6.45) is -0.752. The minimum absolute atomic E-state index is 0.0283. The highest BCUT2D eigenvalue weighted by Gasteiger charge is 2.34. The first kappa shape index (κ1) is 26.6. The number of fused-ring (bicyclic) bond motifs is 1. The summed E-state index contributed by atoms with van der Waals surface area (Å²) >= 11 is 0. The molecule has 198 valence electrons. The van der Waals surface area contributed by atoms with Gasteiger partial charge in [0.25, 0.3) is 11.5 Å². The molecule has 37 heavy (non-hydrogen) atoms. The van der Waals surface area contributed by atoms with Crippen LogP contribution in [0.1, 0.15) is 67.0 Å². The number of pyridine rings is 2. The SMILES string of the molecule is Cc1cc(C)c(CNC(=O)c2cc(C3=CC(C)(C)NC(C)(C)C3)nc3c2cnn3CC(F)(F)F)c(=O)[nH]1. The van der Waals surface area contributed by atoms with Crippen molar-refractivity contribution >= 4 is 22.5 Å². The molecular weight excluding hydrogens is 485 g/mol. The Balaban J connectivity index is 1.79. The molecule has 0 bridgehead atoms. The standard InChI is InChI=1S/C26H31F3N6O2/c1-14-7-15(2)32-23(37)18(14)11-30-22(36)17-8-20(16-9-24(3,4)34-25(5,6)10-16)33-21-19(17)12-31-35(21)13-26(27,28)29/h7-9,12,34H,10-11,13H2,1-6H3,(H,30,36)(H,32,37). The van der Waals surface area contributed by atoms with Gasteiger partial charge in [-0.25, -0.2) is 9.67 Å². The molecule has 11 heteroatoms. The third kappa shape index (κ3) is 5.93. The summed E-state index contributed by atoms with van der Waals surface area (Å²) in [7, 11) is 0. The molecule has 0 unspecified atom stereocenters. The number of nitrogens with zero attached hydrogens (tertiary/aromatic N) is 3. The van der Waals surface area contributed by atoms with Crippen molar-refractivity contribution in [3.63, 3.8) is 0 Å². The highest BCUT2D eigenvalue weighted by atomic mass is 19.4. The van der Waals surface area contributed by atoms with Gasteiger partial charge in [-0.3, -0.25) is 9.59 Å². The number of H-pyrrole nitrogens is 1. The number of aryl methyl sites for hydroxylation is 2. The first-order chi connectivity index (χ1) is 17.0. The van der Waals surface area contributed by atoms with E-state index in [1.807, 2.05) is 33.8 Å². The maximum absolute atomic E-state index is 13.4. The van der Waals surface area contributed by atoms with E-state index in [2.05, 4.69) is 25.7 Å². The second kappa shape index (κ2) is 9.13. The predicted octanol–water partition coefficient (Wildman–Crippen LogP) is 4.16. The maximum Gasteiger partial charge on any atom is 0.408 e. The Labute approximate surface area is 212 Å². The van der Waals surface area contributed by atoms with E-state index in [9.17, 15) is 22.8 Å². The van der Waals surface area contributed by atoms with Crippen LogP contribution >= 0.6 is 0 Å². The maximum atomic E-state index is 13.4. The fraction of sp³-hybridized carbons (Fsp3) is 0.462. The van der Waals surface area contributed by atoms with Crippen LogP contribution in [0, 0.1) is 13.8 Å². The average molecular weight is 517 g/mol. The van der Waals surface area contributed by atoms with Gasteiger partial charge in [-0.15, -0.1) is 0 Å². The number of carbonyl (C=O) groups excluding carboxylic acids is 1. The van der Waals surface area contributed by atoms with Crippen molar-refractivity contribution in [1.82, 2.24) is 30.4 Å². The Kier molecular flexibility index (Phi) is 6.56. The Morgan fingerprint density at radius 2 is 1.89 bits per heavy atom. The van der Waals surface area contributed by atoms with E-state index in [1.54, 1.807) is 26.0 Å². The topological polar surface area (TPSA) is 105 Å². The van der Waals surface area contributed by atoms with Crippen LogP contribution in [-0.2, 0) is 13.1 Å². The summed E-state index contributed by atoms with van der Waals surface area (Å²) in [5, 5.41) is 10.4. The lowest BCUT2D eigenvalue weighted by molar-refractivity contribution is -0.141. The number of rotatable bonds is 5. The van der Waals surface area contributed by atoms with Gasteiger partial charge in [0, 0.05) is 28.9 Å². The Hall–Kier alpha value is -3.47. The molecule has 3 aromatic rings. The minimum Gasteiger partial charge on any atom is -0.348 e. The molecule has 4 rings (SSSR count). The smallest absolute Gasteiger partial charge is 0.348 e. The summed E-state index contributed by atoms with van der Waals surface area (Å²) in [6, 6.07) is 3.40. The van der Waals surface area contributed by atoms with Gasteiger partial charge in [0.05, 0.1) is 22.8 Å². The molecule has 3 aromatic heterocycles. The summed E-state index contributed by atoms with van der Waals surface area (Å²) in [5.74, 6) is -0.535. The van der Waals surface area contributed by atoms with Crippen LogP contribution in [0.2, 0.25) is 0 Å². The van der Waals surface area contributed by atoms with Gasteiger partial charge in [0.2, 0.25) is 0 Å². The van der Waals surface area contributed by atoms with Gasteiger partial charge in [-0.2, -0.15) is 18.3 Å². The zero-order valence-electron chi connectivity index (χ0n) is 21.7. The molecule has 0 saturated heterocycles. The molecule has 0 radical (unpaired) electrons. The van der Waals surface area contributed by atoms with Crippen LogP contribution in [0.3, 0.4) is 0 Å². The number of hydrogen-bond acceptors (Lipinski definition) is 5. The molecule has 0 aromatic carbocycles. The van der Waals surface area contributed by atoms with E-state index >= 15 is 0 Å². The van der Waals surface area contributed by atoms with Crippen LogP contribution in [-0.4, -0.2) is 42.9 Å². The van der Waals surface area contributed by atoms with Gasteiger partial charge in [0.1, 0.15) is 6.54 Å². The van der Waals surface area contributed by atoms with E-state index in [0.29, 0.717) is 23.4 Å². The van der Waals surface area contributed by atoms with Crippen LogP contribution in [0.25, 0.3) is 16.6 Å². The van der Waals surface area contributed by atoms with E-state index in [-0.39, 0.29) is 34.2 Å². The van der Waals surface area contributed by atoms with Gasteiger partial charge in [-0.1, -0.05) is 6.08 Å². The quantitative estimate of drug-likeness (QED) is 0.472. The molecular formula is C26H31F3N6O2. The van der Waals surface area contributed by atoms with E-state index < -0.39 is 24.2 Å². The van der Waals surface area contributed by atoms with E-state index in [0.717, 1.165) is 15.8 Å². The third-order valence-electron chi connectivity index (χ3n) is 6.26. The molecule has 0 saturated carbocycles. The number of amides is 1. The predicted molar refractivity (Wildman–Crippen MR) is 135 cm³/mol. The van der Waals surface area contributed by atoms with Crippen molar-refractivity contribution < 1.29 is 18.0 Å². The van der Waals surface area contributed by atoms with Crippen molar-refractivity contribution in [1.29, 1.82) is 0 Å². The highest BCUT2D eigenvalue weighted by Crippen LogP contribution is 2.34. The molecule has 0 fully saturated rings. The Morgan fingerprint density at radius 1 is 1.19 bits per heavy atom. The summed E-state index contributed by atoms with van der Waals surface area (Å²) in [6.45, 7) is 10.2. The number of nitrogens with one attached hydrogen (secondary N) is 3. The monoisotopic (exact) mass is 516 g/mol. The first-order valence-electron chi connectivity index (χ1n) is 12.0. The lowest BCUT2D eigenvalue weighted by Crippen LogP contribution is -2.53. The number of halogens is 3. The van der Waals surface area contributed by atoms with Gasteiger partial charge >= 0.3 is 6.18 Å². The number of alkyl halides is 3. The van der Waals surface area contributed by atoms with Crippen molar-refractivity contribution in [3.8, 4) is 0 Å². The fourth-order valence-electron chi connectivity index (χ4n) is 5.13. The summed E-state index contributed by atoms with van der Waals surface area (Å²) < 4.78 is 40.5. The summed E-state index contributed by atoms with van der Waals surface area (Å²) in [4.78, 5) is 33.0. The lowest BCUT2D eigenvalue weighted by atomic mass is 9.82. The normalized spacial score (nSPS) is 17.1. The Bertz CT molecular complexity index is 1460. The molecule has 4 heterocycles. The third-order valence-corrected chi connectivity index (χ3v) is 6.26. The molecule has 0 aliphatic carbocycles. The van der Waals surface area contributed by atoms with Gasteiger partial charge in [-0.05, 0) is 71.2 Å². The second-order valence-electron chi connectivity index (χ2n) is 10.9. The zero-order valence-corrected chi connectivity index (χ0v) is 21.7. The molecule has 0 spiro atoms. The number of carbonyl (C=O) groups is 1. The fourth-order valence-corrected chi connectivity index (χ4v) is 5.13. The van der Waals surface area contributed by atoms with Crippen LogP contribution < -0.4 is 16.2 Å². The minimum atomic E-state index is -4.51. The van der Waals surface area contributed by atoms with Crippen molar-refractivity contribution in [2.24, 2.45) is 0 Å². The molecule has 1 amide bonds. The highest BCUT2D eigenvalue weighted by molar-refractivity contribution is 6.06. The van der Waals surface area contributed by atoms with Crippen molar-refractivity contribution in [2.75, 3.05) is 0 Å². The van der Waals surface area contributed by atoms with Crippen molar-refractivity contribution in [2.45, 2.75) is 78.3 Å². The van der Waals surface area contributed by atoms with E-state index in [1.165, 1.54) is 6.20 Å². The zero-order chi connectivity index (χ0) is 27.3. The van der Waals surface area contributed by atoms with E-state index in [4.69, 9.17) is 0 Å². The molecule has 1 aliphatic rings. The number of aromatic amines is 1. The average Bonchev–Trinajstić information content (AvgIpc) is 3.11. The Morgan fingerprint density at radius 3 is 2.51 bits per heavy atom. The van der Waals surface area contributed by atoms with Gasteiger partial charge < -0.3 is 15.6 Å². The first-order valence-corrected chi connectivity index (χ1v) is 12.0. The largest absolute Gasteiger partial charge is 0.408 e. The van der Waals surface area contributed by atoms with Crippen LogP contribution in [0.4, 0.5) is 13.2 Å². The number of aromatic nitrogens is 4. The second-order valence-corrected chi connectivity index (χ2v) is 10.9. The lowest BCUT2D eigenvalue weighted by Gasteiger charge is -2.41. The molecule has 8 nitrogen and oxygen atoms in total. The molecule has 1 aliphatic heterocycles. The summed E-state index contributed by atoms with van der Waals surface area (Å²) in [5.41, 5.74) is 2.17.